The van der Waals surface area contributed by atoms with Gasteiger partial charge in [0.1, 0.15) is 23.7 Å². The number of nitrogen functional groups attached to an aromatic ring is 1. The van der Waals surface area contributed by atoms with Gasteiger partial charge in [-0.3, -0.25) is 9.59 Å². The number of carboxylic acids is 1. The quantitative estimate of drug-likeness (QED) is 0.388. The van der Waals surface area contributed by atoms with Gasteiger partial charge in [0, 0.05) is 25.7 Å². The summed E-state index contributed by atoms with van der Waals surface area (Å²) in [6, 6.07) is 16.0. The molecular formula is C31H37N5O5. The molecule has 2 aromatic carbocycles. The van der Waals surface area contributed by atoms with Gasteiger partial charge in [-0.2, -0.15) is 9.97 Å². The van der Waals surface area contributed by atoms with Crippen molar-refractivity contribution in [2.75, 3.05) is 49.4 Å². The zero-order valence-electron chi connectivity index (χ0n) is 23.6. The average Bonchev–Trinajstić information content (AvgIpc) is 3.15. The number of methoxy groups -OCH3 is 1. The predicted octanol–water partition coefficient (Wildman–Crippen LogP) is 4.53. The molecule has 0 bridgehead atoms. The molecule has 3 aromatic rings. The third-order valence-corrected chi connectivity index (χ3v) is 8.13. The Morgan fingerprint density at radius 3 is 2.46 bits per heavy atom. The average molecular weight is 560 g/mol. The Hall–Kier alpha value is -4.34. The molecule has 2 heterocycles. The van der Waals surface area contributed by atoms with E-state index in [1.54, 1.807) is 12.0 Å². The van der Waals surface area contributed by atoms with Crippen molar-refractivity contribution in [1.29, 1.82) is 0 Å². The molecule has 0 saturated heterocycles. The molecule has 1 amide bonds. The highest BCUT2D eigenvalue weighted by molar-refractivity contribution is 6.10. The first-order valence-corrected chi connectivity index (χ1v) is 14.1. The number of hydrogen-bond donors (Lipinski definition) is 2. The molecule has 2 aliphatic rings. The number of ether oxygens (including phenoxy) is 2. The van der Waals surface area contributed by atoms with E-state index in [2.05, 4.69) is 22.1 Å². The number of rotatable bonds is 9. The number of amides is 1. The van der Waals surface area contributed by atoms with E-state index in [-0.39, 0.29) is 42.1 Å². The Balaban J connectivity index is 1.25. The summed E-state index contributed by atoms with van der Waals surface area (Å²) in [7, 11) is 3.53. The summed E-state index contributed by atoms with van der Waals surface area (Å²) in [6.07, 6.45) is 4.83. The van der Waals surface area contributed by atoms with Crippen LogP contribution >= 0.6 is 0 Å². The molecule has 0 unspecified atom stereocenters. The van der Waals surface area contributed by atoms with Crippen LogP contribution in [0.4, 0.5) is 17.5 Å². The first-order chi connectivity index (χ1) is 19.8. The Bertz CT molecular complexity index is 1370. The number of nitrogens with zero attached hydrogens (tertiary/aromatic N) is 4. The molecule has 1 saturated carbocycles. The van der Waals surface area contributed by atoms with E-state index in [0.29, 0.717) is 25.0 Å². The predicted molar refractivity (Wildman–Crippen MR) is 157 cm³/mol. The van der Waals surface area contributed by atoms with E-state index < -0.39 is 5.97 Å². The van der Waals surface area contributed by atoms with Crippen molar-refractivity contribution in [1.82, 2.24) is 9.97 Å². The fourth-order valence-corrected chi connectivity index (χ4v) is 5.70. The maximum atomic E-state index is 13.6. The van der Waals surface area contributed by atoms with Crippen molar-refractivity contribution in [3.05, 3.63) is 65.2 Å². The lowest BCUT2D eigenvalue weighted by atomic mass is 9.77. The number of likely N-dealkylation sites (N-methyl/N-ethyl adjacent to an activating group) is 1. The van der Waals surface area contributed by atoms with Gasteiger partial charge in [0.25, 0.3) is 5.91 Å². The second-order valence-corrected chi connectivity index (χ2v) is 10.8. The first kappa shape index (κ1) is 28.2. The number of carbonyl (C=O) groups is 2. The Labute approximate surface area is 240 Å². The molecule has 10 heteroatoms. The molecule has 0 atom stereocenters. The van der Waals surface area contributed by atoms with Gasteiger partial charge in [0.15, 0.2) is 0 Å². The second kappa shape index (κ2) is 12.4. The largest absolute Gasteiger partial charge is 0.497 e. The SMILES string of the molecule is COc1ccc(CCN(C)c2nc(N)c3c(n2)OCCN(c2ccc(C4CCC(CC(=O)O)CC4)cc2)C3=O)cc1. The maximum Gasteiger partial charge on any atom is 0.303 e. The van der Waals surface area contributed by atoms with Crippen LogP contribution in [0.2, 0.25) is 0 Å². The maximum absolute atomic E-state index is 13.6. The number of carboxylic acid groups (broad SMARTS) is 1. The molecule has 1 aliphatic carbocycles. The first-order valence-electron chi connectivity index (χ1n) is 14.1. The van der Waals surface area contributed by atoms with Crippen molar-refractivity contribution in [3.8, 4) is 11.6 Å². The molecular weight excluding hydrogens is 522 g/mol. The molecule has 1 fully saturated rings. The van der Waals surface area contributed by atoms with Crippen molar-refractivity contribution >= 4 is 29.3 Å². The summed E-state index contributed by atoms with van der Waals surface area (Å²) < 4.78 is 11.1. The van der Waals surface area contributed by atoms with E-state index in [9.17, 15) is 9.59 Å². The Morgan fingerprint density at radius 1 is 1.10 bits per heavy atom. The summed E-state index contributed by atoms with van der Waals surface area (Å²) >= 11 is 0. The van der Waals surface area contributed by atoms with Crippen LogP contribution in [-0.4, -0.2) is 60.8 Å². The smallest absolute Gasteiger partial charge is 0.303 e. The molecule has 1 aromatic heterocycles. The van der Waals surface area contributed by atoms with Crippen LogP contribution in [0.15, 0.2) is 48.5 Å². The second-order valence-electron chi connectivity index (χ2n) is 10.8. The standard InChI is InChI=1S/C31H37N5O5/c1-35(16-15-20-5-13-25(40-2)14-6-20)31-33-28(32)27-29(34-31)41-18-17-36(30(27)39)24-11-9-23(10-12-24)22-7-3-21(4-8-22)19-26(37)38/h5-6,9-14,21-22H,3-4,7-8,15-19H2,1-2H3,(H,37,38)(H2,32,33,34). The summed E-state index contributed by atoms with van der Waals surface area (Å²) in [6.45, 7) is 1.29. The van der Waals surface area contributed by atoms with Crippen molar-refractivity contribution in [3.63, 3.8) is 0 Å². The lowest BCUT2D eigenvalue weighted by Crippen LogP contribution is -2.33. The van der Waals surface area contributed by atoms with Crippen LogP contribution < -0.4 is 25.0 Å². The third-order valence-electron chi connectivity index (χ3n) is 8.13. The van der Waals surface area contributed by atoms with E-state index in [1.807, 2.05) is 48.3 Å². The minimum atomic E-state index is -0.718. The fourth-order valence-electron chi connectivity index (χ4n) is 5.70. The van der Waals surface area contributed by atoms with Crippen LogP contribution in [0.1, 0.15) is 59.5 Å². The highest BCUT2D eigenvalue weighted by Crippen LogP contribution is 2.38. The topological polar surface area (TPSA) is 131 Å². The Kier molecular flexibility index (Phi) is 8.56. The minimum Gasteiger partial charge on any atom is -0.497 e. The van der Waals surface area contributed by atoms with E-state index in [4.69, 9.17) is 20.3 Å². The van der Waals surface area contributed by atoms with Crippen LogP contribution in [0, 0.1) is 5.92 Å². The number of anilines is 3. The zero-order chi connectivity index (χ0) is 28.9. The van der Waals surface area contributed by atoms with Gasteiger partial charge in [-0.25, -0.2) is 0 Å². The number of hydrogen-bond acceptors (Lipinski definition) is 8. The van der Waals surface area contributed by atoms with Gasteiger partial charge < -0.3 is 30.1 Å². The van der Waals surface area contributed by atoms with Crippen molar-refractivity contribution < 1.29 is 24.2 Å². The van der Waals surface area contributed by atoms with Gasteiger partial charge in [-0.15, -0.1) is 0 Å². The summed E-state index contributed by atoms with van der Waals surface area (Å²) in [5.74, 6) is 1.17. The van der Waals surface area contributed by atoms with Gasteiger partial charge in [0.05, 0.1) is 13.7 Å². The Morgan fingerprint density at radius 2 is 1.80 bits per heavy atom. The molecule has 3 N–H and O–H groups in total. The normalized spacial score (nSPS) is 18.7. The molecule has 216 valence electrons. The van der Waals surface area contributed by atoms with E-state index in [0.717, 1.165) is 49.1 Å². The number of aromatic nitrogens is 2. The molecule has 0 spiro atoms. The minimum absolute atomic E-state index is 0.0907. The van der Waals surface area contributed by atoms with Crippen LogP contribution in [-0.2, 0) is 11.2 Å². The van der Waals surface area contributed by atoms with E-state index in [1.165, 1.54) is 5.56 Å². The lowest BCUT2D eigenvalue weighted by Gasteiger charge is -2.28. The molecule has 1 aliphatic heterocycles. The molecule has 41 heavy (non-hydrogen) atoms. The number of carbonyl (C=O) groups excluding carboxylic acids is 1. The number of benzene rings is 2. The highest BCUT2D eigenvalue weighted by Gasteiger charge is 2.31. The van der Waals surface area contributed by atoms with Crippen molar-refractivity contribution in [2.24, 2.45) is 5.92 Å². The number of nitrogens with two attached hydrogens (primary N) is 1. The summed E-state index contributed by atoms with van der Waals surface area (Å²) in [4.78, 5) is 37.2. The van der Waals surface area contributed by atoms with E-state index >= 15 is 0 Å². The summed E-state index contributed by atoms with van der Waals surface area (Å²) in [5, 5.41) is 9.07. The molecule has 5 rings (SSSR count). The van der Waals surface area contributed by atoms with Gasteiger partial charge in [-0.1, -0.05) is 24.3 Å². The monoisotopic (exact) mass is 559 g/mol. The van der Waals surface area contributed by atoms with Gasteiger partial charge in [-0.05, 0) is 79.3 Å². The van der Waals surface area contributed by atoms with Gasteiger partial charge in [0.2, 0.25) is 11.8 Å². The highest BCUT2D eigenvalue weighted by atomic mass is 16.5. The number of fused-ring (bicyclic) bond motifs is 1. The van der Waals surface area contributed by atoms with Crippen LogP contribution in [0.5, 0.6) is 11.6 Å². The third kappa shape index (κ3) is 6.53. The van der Waals surface area contributed by atoms with Crippen molar-refractivity contribution in [2.45, 2.75) is 44.4 Å². The summed E-state index contributed by atoms with van der Waals surface area (Å²) in [5.41, 5.74) is 9.63. The molecule has 0 radical (unpaired) electrons. The lowest BCUT2D eigenvalue weighted by molar-refractivity contribution is -0.138. The van der Waals surface area contributed by atoms with Crippen LogP contribution in [0.25, 0.3) is 0 Å². The fraction of sp³-hybridized carbons (Fsp3) is 0.419. The number of aliphatic carboxylic acids is 1. The van der Waals surface area contributed by atoms with Gasteiger partial charge >= 0.3 is 5.97 Å². The van der Waals surface area contributed by atoms with Crippen LogP contribution in [0.3, 0.4) is 0 Å². The molecule has 10 nitrogen and oxygen atoms in total. The zero-order valence-corrected chi connectivity index (χ0v) is 23.6.